The first-order chi connectivity index (χ1) is 9.93. The van der Waals surface area contributed by atoms with Crippen LogP contribution in [0.3, 0.4) is 0 Å². The normalized spacial score (nSPS) is 46.0. The number of nitrogens with one attached hydrogen (secondary N) is 1. The Morgan fingerprint density at radius 1 is 1.24 bits per heavy atom. The van der Waals surface area contributed by atoms with Crippen LogP contribution in [0.15, 0.2) is 17.5 Å². The molecule has 2 nitrogen and oxygen atoms in total. The summed E-state index contributed by atoms with van der Waals surface area (Å²) in [6.45, 7) is 5.11. The van der Waals surface area contributed by atoms with Gasteiger partial charge in [0, 0.05) is 4.88 Å². The molecule has 3 atom stereocenters. The predicted molar refractivity (Wildman–Crippen MR) is 88.8 cm³/mol. The van der Waals surface area contributed by atoms with Crippen molar-refractivity contribution in [1.82, 2.24) is 5.43 Å². The summed E-state index contributed by atoms with van der Waals surface area (Å²) in [5, 5.41) is 2.17. The fourth-order valence-corrected chi connectivity index (χ4v) is 7.86. The van der Waals surface area contributed by atoms with Crippen molar-refractivity contribution in [3.8, 4) is 0 Å². The third-order valence-corrected chi connectivity index (χ3v) is 7.45. The predicted octanol–water partition coefficient (Wildman–Crippen LogP) is 4.64. The molecule has 3 heteroatoms. The van der Waals surface area contributed by atoms with Crippen molar-refractivity contribution in [2.75, 3.05) is 0 Å². The third kappa shape index (κ3) is 2.38. The molecule has 21 heavy (non-hydrogen) atoms. The Morgan fingerprint density at radius 3 is 2.48 bits per heavy atom. The maximum atomic E-state index is 5.92. The molecule has 3 unspecified atom stereocenters. The van der Waals surface area contributed by atoms with Crippen molar-refractivity contribution in [3.05, 3.63) is 22.4 Å². The molecule has 5 rings (SSSR count). The van der Waals surface area contributed by atoms with Crippen LogP contribution in [0, 0.1) is 22.2 Å². The lowest BCUT2D eigenvalue weighted by Gasteiger charge is -2.66. The lowest BCUT2D eigenvalue weighted by molar-refractivity contribution is -0.150. The van der Waals surface area contributed by atoms with Gasteiger partial charge in [0.1, 0.15) is 0 Å². The average Bonchev–Trinajstić information content (AvgIpc) is 2.85. The second-order valence-electron chi connectivity index (χ2n) is 9.07. The maximum Gasteiger partial charge on any atom is 0.0558 e. The van der Waals surface area contributed by atoms with Gasteiger partial charge in [0.25, 0.3) is 0 Å². The fourth-order valence-electron chi connectivity index (χ4n) is 7.08. The number of hydrogen-bond acceptors (Lipinski definition) is 3. The molecule has 4 aliphatic rings. The van der Waals surface area contributed by atoms with Gasteiger partial charge in [-0.15, -0.1) is 11.3 Å². The summed E-state index contributed by atoms with van der Waals surface area (Å²) in [6.07, 6.45) is 9.94. The molecule has 1 aromatic rings. The molecule has 4 bridgehead atoms. The van der Waals surface area contributed by atoms with E-state index in [9.17, 15) is 0 Å². The maximum absolute atomic E-state index is 5.92. The second kappa shape index (κ2) is 4.56. The minimum atomic E-state index is 0.341. The summed E-state index contributed by atoms with van der Waals surface area (Å²) in [7, 11) is 0. The molecular weight excluding hydrogens is 276 g/mol. The van der Waals surface area contributed by atoms with E-state index in [0.717, 1.165) is 5.92 Å². The van der Waals surface area contributed by atoms with Crippen LogP contribution in [0.1, 0.15) is 69.7 Å². The summed E-state index contributed by atoms with van der Waals surface area (Å²) in [6, 6.07) is 4.72. The molecular formula is C18H28N2S. The van der Waals surface area contributed by atoms with Crippen LogP contribution in [0.2, 0.25) is 0 Å². The highest BCUT2D eigenvalue weighted by Gasteiger charge is 2.60. The quantitative estimate of drug-likeness (QED) is 0.628. The summed E-state index contributed by atoms with van der Waals surface area (Å²) in [5.74, 6) is 6.89. The SMILES string of the molecule is CC12CC3CC(C)(C1)CC(CC(NN)c1cccs1)(C3)C2. The van der Waals surface area contributed by atoms with Crippen molar-refractivity contribution >= 4 is 11.3 Å². The Hall–Kier alpha value is -0.380. The average molecular weight is 305 g/mol. The molecule has 4 fully saturated rings. The van der Waals surface area contributed by atoms with E-state index in [1.807, 2.05) is 11.3 Å². The molecule has 4 saturated carbocycles. The molecule has 1 aromatic heterocycles. The van der Waals surface area contributed by atoms with Gasteiger partial charge in [0.15, 0.2) is 0 Å². The minimum absolute atomic E-state index is 0.341. The van der Waals surface area contributed by atoms with Gasteiger partial charge in [-0.3, -0.25) is 11.3 Å². The van der Waals surface area contributed by atoms with E-state index in [1.165, 1.54) is 49.8 Å². The Balaban J connectivity index is 1.62. The highest BCUT2D eigenvalue weighted by Crippen LogP contribution is 2.71. The van der Waals surface area contributed by atoms with E-state index in [0.29, 0.717) is 22.3 Å². The van der Waals surface area contributed by atoms with Crippen LogP contribution in [0.5, 0.6) is 0 Å². The van der Waals surface area contributed by atoms with Crippen molar-refractivity contribution in [1.29, 1.82) is 0 Å². The smallest absolute Gasteiger partial charge is 0.0558 e. The first-order valence-corrected chi connectivity index (χ1v) is 9.31. The summed E-state index contributed by atoms with van der Waals surface area (Å²) >= 11 is 1.84. The molecule has 0 aliphatic heterocycles. The van der Waals surface area contributed by atoms with Gasteiger partial charge in [-0.05, 0) is 78.6 Å². The summed E-state index contributed by atoms with van der Waals surface area (Å²) in [4.78, 5) is 1.41. The number of hydrogen-bond donors (Lipinski definition) is 2. The molecule has 3 N–H and O–H groups in total. The standard InChI is InChI=1S/C18H28N2S/c1-16-6-13-7-17(2,10-16)12-18(8-13,11-16)9-14(20-19)15-4-3-5-21-15/h3-5,13-14,20H,6-12,19H2,1-2H3. The zero-order chi connectivity index (χ0) is 14.7. The molecule has 4 aliphatic carbocycles. The van der Waals surface area contributed by atoms with Gasteiger partial charge in [0.05, 0.1) is 6.04 Å². The monoisotopic (exact) mass is 304 g/mol. The first-order valence-electron chi connectivity index (χ1n) is 8.43. The van der Waals surface area contributed by atoms with E-state index in [2.05, 4.69) is 36.8 Å². The van der Waals surface area contributed by atoms with Crippen LogP contribution in [0.25, 0.3) is 0 Å². The van der Waals surface area contributed by atoms with Crippen LogP contribution >= 0.6 is 11.3 Å². The van der Waals surface area contributed by atoms with E-state index in [1.54, 1.807) is 0 Å². The van der Waals surface area contributed by atoms with Crippen LogP contribution in [0.4, 0.5) is 0 Å². The van der Waals surface area contributed by atoms with Crippen LogP contribution < -0.4 is 11.3 Å². The van der Waals surface area contributed by atoms with Gasteiger partial charge >= 0.3 is 0 Å². The molecule has 0 saturated heterocycles. The number of nitrogens with two attached hydrogens (primary N) is 1. The summed E-state index contributed by atoms with van der Waals surface area (Å²) < 4.78 is 0. The van der Waals surface area contributed by atoms with E-state index in [4.69, 9.17) is 5.84 Å². The van der Waals surface area contributed by atoms with Gasteiger partial charge in [-0.2, -0.15) is 0 Å². The molecule has 0 aromatic carbocycles. The minimum Gasteiger partial charge on any atom is -0.271 e. The molecule has 0 amide bonds. The highest BCUT2D eigenvalue weighted by molar-refractivity contribution is 7.10. The summed E-state index contributed by atoms with van der Waals surface area (Å²) in [5.41, 5.74) is 4.85. The Kier molecular flexibility index (Phi) is 3.09. The Labute approximate surface area is 132 Å². The van der Waals surface area contributed by atoms with E-state index < -0.39 is 0 Å². The van der Waals surface area contributed by atoms with Crippen LogP contribution in [-0.2, 0) is 0 Å². The van der Waals surface area contributed by atoms with Crippen molar-refractivity contribution in [2.45, 2.75) is 64.8 Å². The largest absolute Gasteiger partial charge is 0.271 e. The fraction of sp³-hybridized carbons (Fsp3) is 0.778. The topological polar surface area (TPSA) is 38.0 Å². The van der Waals surface area contributed by atoms with E-state index in [-0.39, 0.29) is 0 Å². The second-order valence-corrected chi connectivity index (χ2v) is 10.0. The zero-order valence-corrected chi connectivity index (χ0v) is 14.1. The lowest BCUT2D eigenvalue weighted by Crippen LogP contribution is -2.55. The molecule has 116 valence electrons. The molecule has 1 heterocycles. The van der Waals surface area contributed by atoms with Crippen molar-refractivity contribution in [2.24, 2.45) is 28.0 Å². The Morgan fingerprint density at radius 2 is 1.95 bits per heavy atom. The Bertz CT molecular complexity index is 505. The van der Waals surface area contributed by atoms with E-state index >= 15 is 0 Å². The zero-order valence-electron chi connectivity index (χ0n) is 13.3. The van der Waals surface area contributed by atoms with Crippen molar-refractivity contribution in [3.63, 3.8) is 0 Å². The van der Waals surface area contributed by atoms with Crippen molar-refractivity contribution < 1.29 is 0 Å². The lowest BCUT2D eigenvalue weighted by atomic mass is 9.39. The third-order valence-electron chi connectivity index (χ3n) is 6.47. The molecule has 0 spiro atoms. The van der Waals surface area contributed by atoms with Gasteiger partial charge in [-0.25, -0.2) is 0 Å². The van der Waals surface area contributed by atoms with Crippen LogP contribution in [-0.4, -0.2) is 0 Å². The first kappa shape index (κ1) is 14.2. The number of thiophene rings is 1. The van der Waals surface area contributed by atoms with Gasteiger partial charge < -0.3 is 0 Å². The highest BCUT2D eigenvalue weighted by atomic mass is 32.1. The van der Waals surface area contributed by atoms with Gasteiger partial charge in [0.2, 0.25) is 0 Å². The van der Waals surface area contributed by atoms with Gasteiger partial charge in [-0.1, -0.05) is 19.9 Å². The number of hydrazine groups is 1. The number of rotatable bonds is 4. The molecule has 0 radical (unpaired) electrons.